The first-order valence-electron chi connectivity index (χ1n) is 5.52. The van der Waals surface area contributed by atoms with Crippen LogP contribution in [0.2, 0.25) is 0 Å². The SMILES string of the molecule is COc1ccc(C)cc1CC(=O)CCCN. The van der Waals surface area contributed by atoms with Gasteiger partial charge in [-0.05, 0) is 26.0 Å². The van der Waals surface area contributed by atoms with E-state index >= 15 is 0 Å². The number of carbonyl (C=O) groups is 1. The molecule has 1 aromatic carbocycles. The summed E-state index contributed by atoms with van der Waals surface area (Å²) in [6.45, 7) is 2.57. The lowest BCUT2D eigenvalue weighted by molar-refractivity contribution is -0.118. The maximum atomic E-state index is 11.6. The molecule has 0 unspecified atom stereocenters. The van der Waals surface area contributed by atoms with E-state index in [9.17, 15) is 4.79 Å². The van der Waals surface area contributed by atoms with E-state index in [1.165, 1.54) is 0 Å². The molecule has 0 aliphatic carbocycles. The number of methoxy groups -OCH3 is 1. The lowest BCUT2D eigenvalue weighted by Crippen LogP contribution is -2.08. The molecule has 88 valence electrons. The normalized spacial score (nSPS) is 10.2. The Bertz CT molecular complexity index is 361. The summed E-state index contributed by atoms with van der Waals surface area (Å²) < 4.78 is 5.23. The van der Waals surface area contributed by atoms with E-state index in [1.54, 1.807) is 7.11 Å². The molecule has 3 heteroatoms. The number of ether oxygens (including phenoxy) is 1. The molecule has 3 nitrogen and oxygen atoms in total. The van der Waals surface area contributed by atoms with E-state index < -0.39 is 0 Å². The van der Waals surface area contributed by atoms with Gasteiger partial charge in [-0.1, -0.05) is 17.7 Å². The van der Waals surface area contributed by atoms with Gasteiger partial charge < -0.3 is 10.5 Å². The predicted molar refractivity (Wildman–Crippen MR) is 64.7 cm³/mol. The van der Waals surface area contributed by atoms with Gasteiger partial charge in [0.1, 0.15) is 11.5 Å². The molecule has 0 aliphatic heterocycles. The van der Waals surface area contributed by atoms with E-state index in [-0.39, 0.29) is 5.78 Å². The fraction of sp³-hybridized carbons (Fsp3) is 0.462. The molecule has 0 bridgehead atoms. The second-order valence-electron chi connectivity index (χ2n) is 3.92. The molecule has 2 N–H and O–H groups in total. The third-order valence-electron chi connectivity index (χ3n) is 2.48. The van der Waals surface area contributed by atoms with Crippen molar-refractivity contribution in [3.63, 3.8) is 0 Å². The van der Waals surface area contributed by atoms with E-state index in [0.717, 1.165) is 23.3 Å². The van der Waals surface area contributed by atoms with Crippen LogP contribution in [0.1, 0.15) is 24.0 Å². The maximum Gasteiger partial charge on any atom is 0.137 e. The van der Waals surface area contributed by atoms with Gasteiger partial charge in [0.2, 0.25) is 0 Å². The van der Waals surface area contributed by atoms with Gasteiger partial charge in [-0.15, -0.1) is 0 Å². The molecular weight excluding hydrogens is 202 g/mol. The number of Topliss-reactive ketones (excluding diaryl/α,β-unsaturated/α-hetero) is 1. The molecular formula is C13H19NO2. The third kappa shape index (κ3) is 3.66. The highest BCUT2D eigenvalue weighted by Crippen LogP contribution is 2.20. The van der Waals surface area contributed by atoms with Gasteiger partial charge >= 0.3 is 0 Å². The first kappa shape index (κ1) is 12.7. The first-order valence-corrected chi connectivity index (χ1v) is 5.52. The van der Waals surface area contributed by atoms with Gasteiger partial charge in [0.15, 0.2) is 0 Å². The fourth-order valence-electron chi connectivity index (χ4n) is 1.65. The lowest BCUT2D eigenvalue weighted by Gasteiger charge is -2.08. The minimum atomic E-state index is 0.217. The molecule has 0 radical (unpaired) electrons. The Labute approximate surface area is 96.6 Å². The molecule has 0 heterocycles. The van der Waals surface area contributed by atoms with Gasteiger partial charge in [0.05, 0.1) is 7.11 Å². The zero-order valence-electron chi connectivity index (χ0n) is 9.95. The van der Waals surface area contributed by atoms with Crippen molar-refractivity contribution in [1.29, 1.82) is 0 Å². The molecule has 0 saturated heterocycles. The average molecular weight is 221 g/mol. The van der Waals surface area contributed by atoms with Crippen LogP contribution in [0, 0.1) is 6.92 Å². The highest BCUT2D eigenvalue weighted by Gasteiger charge is 2.08. The van der Waals surface area contributed by atoms with Crippen molar-refractivity contribution >= 4 is 5.78 Å². The van der Waals surface area contributed by atoms with Gasteiger partial charge in [-0.25, -0.2) is 0 Å². The topological polar surface area (TPSA) is 52.3 Å². The summed E-state index contributed by atoms with van der Waals surface area (Å²) >= 11 is 0. The maximum absolute atomic E-state index is 11.6. The van der Waals surface area contributed by atoms with Crippen LogP contribution in [0.3, 0.4) is 0 Å². The highest BCUT2D eigenvalue weighted by atomic mass is 16.5. The average Bonchev–Trinajstić information content (AvgIpc) is 2.27. The van der Waals surface area contributed by atoms with Crippen molar-refractivity contribution in [2.24, 2.45) is 5.73 Å². The summed E-state index contributed by atoms with van der Waals surface area (Å²) in [4.78, 5) is 11.6. The van der Waals surface area contributed by atoms with Crippen molar-refractivity contribution in [2.45, 2.75) is 26.2 Å². The molecule has 1 aromatic rings. The van der Waals surface area contributed by atoms with E-state index in [2.05, 4.69) is 0 Å². The Morgan fingerprint density at radius 1 is 1.44 bits per heavy atom. The number of ketones is 1. The predicted octanol–water partition coefficient (Wildman–Crippen LogP) is 1.85. The van der Waals surface area contributed by atoms with Gasteiger partial charge in [0.25, 0.3) is 0 Å². The molecule has 0 fully saturated rings. The van der Waals surface area contributed by atoms with Crippen molar-refractivity contribution in [3.8, 4) is 5.75 Å². The van der Waals surface area contributed by atoms with Crippen LogP contribution >= 0.6 is 0 Å². The number of rotatable bonds is 6. The van der Waals surface area contributed by atoms with E-state index in [0.29, 0.717) is 19.4 Å². The Kier molecular flexibility index (Phi) is 4.99. The molecule has 0 saturated carbocycles. The summed E-state index contributed by atoms with van der Waals surface area (Å²) in [6.07, 6.45) is 1.74. The lowest BCUT2D eigenvalue weighted by atomic mass is 10.0. The summed E-state index contributed by atoms with van der Waals surface area (Å²) in [7, 11) is 1.62. The molecule has 0 aromatic heterocycles. The van der Waals surface area contributed by atoms with E-state index in [1.807, 2.05) is 25.1 Å². The number of benzene rings is 1. The Morgan fingerprint density at radius 2 is 2.19 bits per heavy atom. The minimum Gasteiger partial charge on any atom is -0.496 e. The summed E-state index contributed by atoms with van der Waals surface area (Å²) in [5.41, 5.74) is 7.48. The van der Waals surface area contributed by atoms with Crippen LogP contribution in [-0.2, 0) is 11.2 Å². The largest absolute Gasteiger partial charge is 0.496 e. The van der Waals surface area contributed by atoms with Crippen molar-refractivity contribution in [1.82, 2.24) is 0 Å². The molecule has 0 atom stereocenters. The molecule has 0 spiro atoms. The first-order chi connectivity index (χ1) is 7.67. The molecule has 1 rings (SSSR count). The number of nitrogens with two attached hydrogens (primary N) is 1. The minimum absolute atomic E-state index is 0.217. The van der Waals surface area contributed by atoms with Crippen molar-refractivity contribution in [3.05, 3.63) is 29.3 Å². The van der Waals surface area contributed by atoms with Gasteiger partial charge in [-0.3, -0.25) is 4.79 Å². The number of aryl methyl sites for hydroxylation is 1. The van der Waals surface area contributed by atoms with E-state index in [4.69, 9.17) is 10.5 Å². The molecule has 16 heavy (non-hydrogen) atoms. The number of hydrogen-bond acceptors (Lipinski definition) is 3. The number of hydrogen-bond donors (Lipinski definition) is 1. The third-order valence-corrected chi connectivity index (χ3v) is 2.48. The van der Waals surface area contributed by atoms with Crippen LogP contribution < -0.4 is 10.5 Å². The molecule has 0 aliphatic rings. The Hall–Kier alpha value is -1.35. The zero-order chi connectivity index (χ0) is 12.0. The van der Waals surface area contributed by atoms with Gasteiger partial charge in [-0.2, -0.15) is 0 Å². The van der Waals surface area contributed by atoms with Crippen LogP contribution in [0.5, 0.6) is 5.75 Å². The van der Waals surface area contributed by atoms with Gasteiger partial charge in [0, 0.05) is 18.4 Å². The summed E-state index contributed by atoms with van der Waals surface area (Å²) in [5.74, 6) is 1.00. The second kappa shape index (κ2) is 6.28. The van der Waals surface area contributed by atoms with Crippen molar-refractivity contribution < 1.29 is 9.53 Å². The summed E-state index contributed by atoms with van der Waals surface area (Å²) in [5, 5.41) is 0. The van der Waals surface area contributed by atoms with Crippen LogP contribution in [0.4, 0.5) is 0 Å². The Morgan fingerprint density at radius 3 is 2.81 bits per heavy atom. The number of carbonyl (C=O) groups excluding carboxylic acids is 1. The zero-order valence-corrected chi connectivity index (χ0v) is 9.95. The standard InChI is InChI=1S/C13H19NO2/c1-10-5-6-13(16-2)11(8-10)9-12(15)4-3-7-14/h5-6,8H,3-4,7,9,14H2,1-2H3. The fourth-order valence-corrected chi connectivity index (χ4v) is 1.65. The smallest absolute Gasteiger partial charge is 0.137 e. The second-order valence-corrected chi connectivity index (χ2v) is 3.92. The van der Waals surface area contributed by atoms with Crippen molar-refractivity contribution in [2.75, 3.05) is 13.7 Å². The Balaban J connectivity index is 2.71. The summed E-state index contributed by atoms with van der Waals surface area (Å²) in [6, 6.07) is 5.88. The van der Waals surface area contributed by atoms with Crippen LogP contribution in [0.15, 0.2) is 18.2 Å². The van der Waals surface area contributed by atoms with Crippen LogP contribution in [0.25, 0.3) is 0 Å². The highest BCUT2D eigenvalue weighted by molar-refractivity contribution is 5.81. The monoisotopic (exact) mass is 221 g/mol. The van der Waals surface area contributed by atoms with Crippen LogP contribution in [-0.4, -0.2) is 19.4 Å². The quantitative estimate of drug-likeness (QED) is 0.797. The molecule has 0 amide bonds.